The molecule has 42 heavy (non-hydrogen) atoms. The van der Waals surface area contributed by atoms with Crippen molar-refractivity contribution < 1.29 is 9.53 Å². The molecule has 220 valence electrons. The summed E-state index contributed by atoms with van der Waals surface area (Å²) in [5.74, 6) is 1.81. The molecule has 3 aromatic heterocycles. The highest BCUT2D eigenvalue weighted by Crippen LogP contribution is 2.27. The van der Waals surface area contributed by atoms with E-state index >= 15 is 0 Å². The predicted molar refractivity (Wildman–Crippen MR) is 163 cm³/mol. The minimum absolute atomic E-state index is 0.231. The van der Waals surface area contributed by atoms with E-state index in [2.05, 4.69) is 53.1 Å². The molecule has 0 saturated carbocycles. The van der Waals surface area contributed by atoms with E-state index in [0.717, 1.165) is 54.6 Å². The number of pyridine rings is 1. The van der Waals surface area contributed by atoms with Gasteiger partial charge in [0.05, 0.1) is 11.4 Å². The van der Waals surface area contributed by atoms with Crippen LogP contribution in [0.5, 0.6) is 0 Å². The first-order chi connectivity index (χ1) is 20.1. The number of anilines is 4. The van der Waals surface area contributed by atoms with Crippen LogP contribution < -0.4 is 16.1 Å². The molecule has 1 saturated heterocycles. The first-order valence-corrected chi connectivity index (χ1v) is 13.9. The largest absolute Gasteiger partial charge is 0.373 e. The Kier molecular flexibility index (Phi) is 8.48. The lowest BCUT2D eigenvalue weighted by molar-refractivity contribution is 0.0155. The number of carbonyl (C=O) groups excluding carboxylic acids is 1. The van der Waals surface area contributed by atoms with E-state index in [9.17, 15) is 4.79 Å². The van der Waals surface area contributed by atoms with Crippen LogP contribution in [-0.2, 0) is 10.3 Å². The second-order valence-electron chi connectivity index (χ2n) is 11.0. The molecule has 3 N–H and O–H groups in total. The van der Waals surface area contributed by atoms with E-state index in [-0.39, 0.29) is 5.91 Å². The quantitative estimate of drug-likeness (QED) is 0.271. The molecule has 12 nitrogen and oxygen atoms in total. The number of nitrogens with one attached hydrogen (secondary N) is 3. The molecule has 1 aliphatic rings. The van der Waals surface area contributed by atoms with Gasteiger partial charge >= 0.3 is 0 Å². The van der Waals surface area contributed by atoms with Crippen LogP contribution in [0.3, 0.4) is 0 Å². The van der Waals surface area contributed by atoms with Gasteiger partial charge in [0.15, 0.2) is 5.82 Å². The van der Waals surface area contributed by atoms with Gasteiger partial charge in [-0.25, -0.2) is 15.0 Å². The van der Waals surface area contributed by atoms with Gasteiger partial charge in [0.2, 0.25) is 0 Å². The van der Waals surface area contributed by atoms with E-state index in [1.807, 2.05) is 58.0 Å². The van der Waals surface area contributed by atoms with Crippen molar-refractivity contribution in [2.24, 2.45) is 0 Å². The standard InChI is InChI=1S/C30H38N10O2/c1-20-7-8-22(29(41)34-23-9-10-31-25(17-23)30(3,4)42-6)16-24(20)35-28-15-21(2)36-40(28)27-18-26(32-19-33-27)37-39-13-11-38(5)12-14-39/h7-10,15-19,35H,11-14H2,1-6H3,(H,31,34,41)(H,32,33,37). The highest BCUT2D eigenvalue weighted by atomic mass is 16.5. The minimum Gasteiger partial charge on any atom is -0.373 e. The average molecular weight is 571 g/mol. The van der Waals surface area contributed by atoms with Crippen LogP contribution in [0.25, 0.3) is 5.82 Å². The number of rotatable bonds is 9. The third kappa shape index (κ3) is 6.73. The molecule has 1 aliphatic heterocycles. The second kappa shape index (κ2) is 12.2. The summed E-state index contributed by atoms with van der Waals surface area (Å²) in [5.41, 5.74) is 7.27. The zero-order chi connectivity index (χ0) is 29.9. The van der Waals surface area contributed by atoms with Crippen LogP contribution in [0.15, 0.2) is 55.0 Å². The molecule has 4 aromatic rings. The Morgan fingerprint density at radius 1 is 0.976 bits per heavy atom. The van der Waals surface area contributed by atoms with Crippen molar-refractivity contribution in [2.45, 2.75) is 33.3 Å². The van der Waals surface area contributed by atoms with Crippen LogP contribution in [0, 0.1) is 13.8 Å². The van der Waals surface area contributed by atoms with Gasteiger partial charge in [-0.05, 0) is 64.6 Å². The van der Waals surface area contributed by atoms with E-state index in [4.69, 9.17) is 4.74 Å². The van der Waals surface area contributed by atoms with E-state index in [0.29, 0.717) is 22.9 Å². The van der Waals surface area contributed by atoms with Gasteiger partial charge in [0.25, 0.3) is 5.91 Å². The number of aryl methyl sites for hydroxylation is 2. The summed E-state index contributed by atoms with van der Waals surface area (Å²) >= 11 is 0. The molecule has 1 aromatic carbocycles. The van der Waals surface area contributed by atoms with Crippen molar-refractivity contribution in [1.82, 2.24) is 34.6 Å². The minimum atomic E-state index is -0.576. The van der Waals surface area contributed by atoms with E-state index < -0.39 is 5.60 Å². The Hall–Kier alpha value is -4.39. The topological polar surface area (TPSA) is 125 Å². The molecule has 0 aliphatic carbocycles. The van der Waals surface area contributed by atoms with Gasteiger partial charge in [-0.2, -0.15) is 9.78 Å². The van der Waals surface area contributed by atoms with Crippen molar-refractivity contribution in [3.63, 3.8) is 0 Å². The number of methoxy groups -OCH3 is 1. The Labute approximate surface area is 246 Å². The summed E-state index contributed by atoms with van der Waals surface area (Å²) in [6, 6.07) is 13.0. The molecule has 1 fully saturated rings. The van der Waals surface area contributed by atoms with Crippen molar-refractivity contribution in [2.75, 3.05) is 56.4 Å². The zero-order valence-corrected chi connectivity index (χ0v) is 25.0. The average Bonchev–Trinajstić information content (AvgIpc) is 3.35. The molecule has 0 radical (unpaired) electrons. The number of hydrazine groups is 1. The Bertz CT molecular complexity index is 1560. The first-order valence-electron chi connectivity index (χ1n) is 13.9. The van der Waals surface area contributed by atoms with E-state index in [1.165, 1.54) is 6.33 Å². The van der Waals surface area contributed by atoms with Gasteiger partial charge < -0.3 is 25.7 Å². The first kappa shape index (κ1) is 29.1. The molecular weight excluding hydrogens is 532 g/mol. The normalized spacial score (nSPS) is 14.5. The highest BCUT2D eigenvalue weighted by molar-refractivity contribution is 6.05. The summed E-state index contributed by atoms with van der Waals surface area (Å²) < 4.78 is 7.28. The molecule has 4 heterocycles. The maximum absolute atomic E-state index is 13.2. The molecule has 0 bridgehead atoms. The predicted octanol–water partition coefficient (Wildman–Crippen LogP) is 4.13. The van der Waals surface area contributed by atoms with Crippen molar-refractivity contribution in [1.29, 1.82) is 0 Å². The number of hydrogen-bond donors (Lipinski definition) is 3. The summed E-state index contributed by atoms with van der Waals surface area (Å²) in [6.07, 6.45) is 3.19. The van der Waals surface area contributed by atoms with Gasteiger partial charge in [-0.1, -0.05) is 6.07 Å². The monoisotopic (exact) mass is 570 g/mol. The van der Waals surface area contributed by atoms with Crippen molar-refractivity contribution >= 4 is 28.9 Å². The molecular formula is C30H38N10O2. The fourth-order valence-electron chi connectivity index (χ4n) is 4.55. The number of benzene rings is 1. The second-order valence-corrected chi connectivity index (χ2v) is 11.0. The molecule has 0 atom stereocenters. The number of nitrogens with zero attached hydrogens (tertiary/aromatic N) is 7. The fourth-order valence-corrected chi connectivity index (χ4v) is 4.55. The van der Waals surface area contributed by atoms with Crippen LogP contribution in [0.2, 0.25) is 0 Å². The maximum Gasteiger partial charge on any atom is 0.255 e. The smallest absolute Gasteiger partial charge is 0.255 e. The SMILES string of the molecule is COC(C)(C)c1cc(NC(=O)c2ccc(C)c(Nc3cc(C)nn3-c3cc(NN4CCN(C)CC4)ncn3)c2)ccn1. The lowest BCUT2D eigenvalue weighted by atomic mass is 10.0. The Balaban J connectivity index is 1.34. The number of piperazine rings is 1. The van der Waals surface area contributed by atoms with Crippen molar-refractivity contribution in [3.05, 3.63) is 77.5 Å². The van der Waals surface area contributed by atoms with Crippen molar-refractivity contribution in [3.8, 4) is 5.82 Å². The lowest BCUT2D eigenvalue weighted by Crippen LogP contribution is -2.47. The maximum atomic E-state index is 13.2. The summed E-state index contributed by atoms with van der Waals surface area (Å²) in [7, 11) is 3.76. The number of aromatic nitrogens is 5. The third-order valence-corrected chi connectivity index (χ3v) is 7.38. The van der Waals surface area contributed by atoms with Gasteiger partial charge in [0.1, 0.15) is 23.6 Å². The molecule has 0 spiro atoms. The molecule has 1 amide bonds. The number of amides is 1. The van der Waals surface area contributed by atoms with Crippen LogP contribution >= 0.6 is 0 Å². The summed E-state index contributed by atoms with van der Waals surface area (Å²) in [5, 5.41) is 13.3. The van der Waals surface area contributed by atoms with Gasteiger partial charge in [-0.3, -0.25) is 9.78 Å². The highest BCUT2D eigenvalue weighted by Gasteiger charge is 2.22. The van der Waals surface area contributed by atoms with Gasteiger partial charge in [-0.15, -0.1) is 0 Å². The lowest BCUT2D eigenvalue weighted by Gasteiger charge is -2.32. The third-order valence-electron chi connectivity index (χ3n) is 7.38. The summed E-state index contributed by atoms with van der Waals surface area (Å²) in [6.45, 7) is 11.6. The summed E-state index contributed by atoms with van der Waals surface area (Å²) in [4.78, 5) is 28.8. The number of likely N-dealkylation sites (N-methyl/N-ethyl adjacent to an activating group) is 1. The molecule has 0 unspecified atom stereocenters. The van der Waals surface area contributed by atoms with Crippen LogP contribution in [0.4, 0.5) is 23.0 Å². The van der Waals surface area contributed by atoms with Gasteiger partial charge in [0, 0.05) is 68.6 Å². The Morgan fingerprint density at radius 2 is 1.76 bits per heavy atom. The number of hydrogen-bond acceptors (Lipinski definition) is 10. The van der Waals surface area contributed by atoms with E-state index in [1.54, 1.807) is 30.1 Å². The number of ether oxygens (including phenoxy) is 1. The van der Waals surface area contributed by atoms with Crippen LogP contribution in [0.1, 0.15) is 41.2 Å². The molecule has 12 heteroatoms. The molecule has 5 rings (SSSR count). The number of carbonyl (C=O) groups is 1. The zero-order valence-electron chi connectivity index (χ0n) is 25.0. The fraction of sp³-hybridized carbons (Fsp3) is 0.367. The van der Waals surface area contributed by atoms with Crippen LogP contribution in [-0.4, -0.2) is 80.9 Å². The Morgan fingerprint density at radius 3 is 2.52 bits per heavy atom.